The summed E-state index contributed by atoms with van der Waals surface area (Å²) in [6.07, 6.45) is 2.50. The van der Waals surface area contributed by atoms with Crippen LogP contribution in [0.2, 0.25) is 0 Å². The summed E-state index contributed by atoms with van der Waals surface area (Å²) < 4.78 is 5.08. The number of ketones is 1. The first kappa shape index (κ1) is 13.1. The van der Waals surface area contributed by atoms with Crippen LogP contribution in [0.3, 0.4) is 0 Å². The zero-order chi connectivity index (χ0) is 11.8. The van der Waals surface area contributed by atoms with E-state index < -0.39 is 0 Å². The van der Waals surface area contributed by atoms with Crippen LogP contribution in [0.5, 0.6) is 5.75 Å². The van der Waals surface area contributed by atoms with Crippen molar-refractivity contribution in [3.05, 3.63) is 29.8 Å². The molecule has 0 amide bonds. The van der Waals surface area contributed by atoms with Crippen molar-refractivity contribution in [2.24, 2.45) is 0 Å². The van der Waals surface area contributed by atoms with Crippen LogP contribution >= 0.6 is 9.47 Å². The molecular formula is C12H18NO2P. The summed E-state index contributed by atoms with van der Waals surface area (Å²) >= 11 is 0. The Labute approximate surface area is 98.9 Å². The molecule has 0 saturated heterocycles. The summed E-state index contributed by atoms with van der Waals surface area (Å²) in [5, 5.41) is 3.06. The molecule has 0 radical (unpaired) electrons. The topological polar surface area (TPSA) is 38.3 Å². The zero-order valence-corrected chi connectivity index (χ0v) is 10.7. The van der Waals surface area contributed by atoms with Gasteiger partial charge in [0.15, 0.2) is 5.78 Å². The van der Waals surface area contributed by atoms with Crippen molar-refractivity contribution in [3.63, 3.8) is 0 Å². The van der Waals surface area contributed by atoms with Gasteiger partial charge in [-0.2, -0.15) is 0 Å². The minimum atomic E-state index is 0.147. The minimum absolute atomic E-state index is 0.147. The Hall–Kier alpha value is -0.920. The van der Waals surface area contributed by atoms with Crippen LogP contribution in [-0.2, 0) is 0 Å². The number of rotatable bonds is 7. The fourth-order valence-electron chi connectivity index (χ4n) is 1.52. The molecule has 0 aromatic heterocycles. The Balaban J connectivity index is 2.52. The fraction of sp³-hybridized carbons (Fsp3) is 0.417. The highest BCUT2D eigenvalue weighted by atomic mass is 31.0. The van der Waals surface area contributed by atoms with E-state index in [2.05, 4.69) is 14.8 Å². The third-order valence-corrected chi connectivity index (χ3v) is 2.65. The molecule has 0 bridgehead atoms. The van der Waals surface area contributed by atoms with Crippen LogP contribution in [0.25, 0.3) is 0 Å². The second kappa shape index (κ2) is 7.37. The smallest absolute Gasteiger partial charge is 0.166 e. The lowest BCUT2D eigenvalue weighted by molar-refractivity contribution is 0.0978. The predicted molar refractivity (Wildman–Crippen MR) is 68.9 cm³/mol. The first-order chi connectivity index (χ1) is 7.79. The molecule has 16 heavy (non-hydrogen) atoms. The van der Waals surface area contributed by atoms with Crippen LogP contribution in [0.1, 0.15) is 29.6 Å². The number of hydrogen-bond donors (Lipinski definition) is 1. The molecule has 1 unspecified atom stereocenters. The average Bonchev–Trinajstić information content (AvgIpc) is 2.34. The molecule has 1 atom stereocenters. The molecule has 1 aromatic rings. The lowest BCUT2D eigenvalue weighted by Gasteiger charge is -2.06. The van der Waals surface area contributed by atoms with Crippen molar-refractivity contribution >= 4 is 15.2 Å². The van der Waals surface area contributed by atoms with Crippen LogP contribution < -0.4 is 9.84 Å². The Bertz CT molecular complexity index is 342. The standard InChI is InChI=1S/C12H18NO2P/c1-13-9-5-4-7-11(14)10-6-2-3-8-12(10)15-16/h2-3,6,8,13H,4-5,7,9,16H2,1H3. The zero-order valence-electron chi connectivity index (χ0n) is 9.53. The van der Waals surface area contributed by atoms with Gasteiger partial charge < -0.3 is 9.84 Å². The number of unbranched alkanes of at least 4 members (excludes halogenated alkanes) is 1. The van der Waals surface area contributed by atoms with Gasteiger partial charge in [-0.3, -0.25) is 4.79 Å². The van der Waals surface area contributed by atoms with Crippen LogP contribution in [0, 0.1) is 0 Å². The summed E-state index contributed by atoms with van der Waals surface area (Å²) in [5.74, 6) is 0.778. The number of carbonyl (C=O) groups excluding carboxylic acids is 1. The van der Waals surface area contributed by atoms with Crippen molar-refractivity contribution in [3.8, 4) is 5.75 Å². The average molecular weight is 239 g/mol. The number of nitrogens with one attached hydrogen (secondary N) is 1. The molecule has 0 heterocycles. The molecule has 1 aromatic carbocycles. The van der Waals surface area contributed by atoms with Gasteiger partial charge in [-0.05, 0) is 38.6 Å². The second-order valence-electron chi connectivity index (χ2n) is 3.60. The number of Topliss-reactive ketones (excluding diaryl/α,β-unsaturated/α-hetero) is 1. The first-order valence-electron chi connectivity index (χ1n) is 5.43. The van der Waals surface area contributed by atoms with Gasteiger partial charge in [0, 0.05) is 6.42 Å². The Morgan fingerprint density at radius 1 is 1.38 bits per heavy atom. The van der Waals surface area contributed by atoms with E-state index >= 15 is 0 Å². The molecule has 0 aliphatic rings. The van der Waals surface area contributed by atoms with Gasteiger partial charge >= 0.3 is 0 Å². The van der Waals surface area contributed by atoms with E-state index in [0.29, 0.717) is 17.7 Å². The van der Waals surface area contributed by atoms with Crippen LogP contribution in [0.15, 0.2) is 24.3 Å². The van der Waals surface area contributed by atoms with E-state index in [9.17, 15) is 4.79 Å². The normalized spacial score (nSPS) is 10.1. The van der Waals surface area contributed by atoms with Crippen molar-refractivity contribution in [2.45, 2.75) is 19.3 Å². The number of hydrogen-bond acceptors (Lipinski definition) is 3. The number of benzene rings is 1. The van der Waals surface area contributed by atoms with Crippen LogP contribution in [-0.4, -0.2) is 19.4 Å². The van der Waals surface area contributed by atoms with Crippen molar-refractivity contribution < 1.29 is 9.32 Å². The van der Waals surface area contributed by atoms with Crippen LogP contribution in [0.4, 0.5) is 0 Å². The summed E-state index contributed by atoms with van der Waals surface area (Å²) in [6.45, 7) is 0.953. The van der Waals surface area contributed by atoms with Gasteiger partial charge in [0.25, 0.3) is 0 Å². The predicted octanol–water partition coefficient (Wildman–Crippen LogP) is 2.43. The fourth-order valence-corrected chi connectivity index (χ4v) is 1.73. The molecule has 0 saturated carbocycles. The molecular weight excluding hydrogens is 221 g/mol. The van der Waals surface area contributed by atoms with Crippen molar-refractivity contribution in [1.29, 1.82) is 0 Å². The minimum Gasteiger partial charge on any atom is -0.480 e. The molecule has 1 rings (SSSR count). The number of para-hydroxylation sites is 1. The van der Waals surface area contributed by atoms with Crippen molar-refractivity contribution in [1.82, 2.24) is 5.32 Å². The maximum atomic E-state index is 11.9. The third-order valence-electron chi connectivity index (χ3n) is 2.40. The van der Waals surface area contributed by atoms with Gasteiger partial charge in [0.2, 0.25) is 0 Å². The van der Waals surface area contributed by atoms with Crippen molar-refractivity contribution in [2.75, 3.05) is 13.6 Å². The largest absolute Gasteiger partial charge is 0.480 e. The van der Waals surface area contributed by atoms with Gasteiger partial charge in [0.05, 0.1) is 15.0 Å². The Kier molecular flexibility index (Phi) is 6.05. The molecule has 4 heteroatoms. The molecule has 0 aliphatic carbocycles. The second-order valence-corrected chi connectivity index (χ2v) is 3.83. The monoisotopic (exact) mass is 239 g/mol. The van der Waals surface area contributed by atoms with Gasteiger partial charge in [-0.15, -0.1) is 0 Å². The van der Waals surface area contributed by atoms with E-state index in [1.54, 1.807) is 12.1 Å². The Morgan fingerprint density at radius 2 is 2.12 bits per heavy atom. The van der Waals surface area contributed by atoms with Gasteiger partial charge in [-0.1, -0.05) is 12.1 Å². The SMILES string of the molecule is CNCCCCC(=O)c1ccccc1OP. The maximum absolute atomic E-state index is 11.9. The molecule has 0 spiro atoms. The summed E-state index contributed by atoms with van der Waals surface area (Å²) in [4.78, 5) is 11.9. The molecule has 1 N–H and O–H groups in total. The quantitative estimate of drug-likeness (QED) is 0.451. The Morgan fingerprint density at radius 3 is 2.81 bits per heavy atom. The number of carbonyl (C=O) groups is 1. The molecule has 0 fully saturated rings. The summed E-state index contributed by atoms with van der Waals surface area (Å²) in [5.41, 5.74) is 0.668. The van der Waals surface area contributed by atoms with Gasteiger partial charge in [0.1, 0.15) is 5.75 Å². The highest BCUT2D eigenvalue weighted by Crippen LogP contribution is 2.21. The van der Waals surface area contributed by atoms with Gasteiger partial charge in [-0.25, -0.2) is 0 Å². The molecule has 3 nitrogen and oxygen atoms in total. The molecule has 88 valence electrons. The van der Waals surface area contributed by atoms with E-state index in [4.69, 9.17) is 4.52 Å². The van der Waals surface area contributed by atoms with E-state index in [-0.39, 0.29) is 5.78 Å². The van der Waals surface area contributed by atoms with E-state index in [1.165, 1.54) is 0 Å². The highest BCUT2D eigenvalue weighted by Gasteiger charge is 2.10. The lowest BCUT2D eigenvalue weighted by atomic mass is 10.0. The first-order valence-corrected chi connectivity index (χ1v) is 5.90. The molecule has 0 aliphatic heterocycles. The summed E-state index contributed by atoms with van der Waals surface area (Å²) in [7, 11) is 4.09. The van der Waals surface area contributed by atoms with E-state index in [0.717, 1.165) is 19.4 Å². The lowest BCUT2D eigenvalue weighted by Crippen LogP contribution is -2.08. The third kappa shape index (κ3) is 3.92. The highest BCUT2D eigenvalue weighted by molar-refractivity contribution is 7.10. The van der Waals surface area contributed by atoms with E-state index in [1.807, 2.05) is 19.2 Å². The maximum Gasteiger partial charge on any atom is 0.166 e. The summed E-state index contributed by atoms with van der Waals surface area (Å²) in [6, 6.07) is 7.32.